The van der Waals surface area contributed by atoms with Crippen LogP contribution in [-0.4, -0.2) is 44.6 Å². The number of benzene rings is 2. The van der Waals surface area contributed by atoms with E-state index in [-0.39, 0.29) is 11.7 Å². The first-order valence-electron chi connectivity index (χ1n) is 12.5. The standard InChI is InChI=1S/C29H32N2O7S/c1-8-37-20-12-9-18(10-13-20)24-23(28(33)38-16(2)3)17(4)30-29-31(24)27(32)22(39-29)15-19-11-14-21(34-5)26(36-7)25(19)35-6/h9-16,24H,8H2,1-7H3/b22-15+/t24-/m1/s1. The molecular weight excluding hydrogens is 520 g/mol. The van der Waals surface area contributed by atoms with Crippen LogP contribution in [0, 0.1) is 0 Å². The fourth-order valence-electron chi connectivity index (χ4n) is 4.47. The smallest absolute Gasteiger partial charge is 0.338 e. The molecule has 0 radical (unpaired) electrons. The van der Waals surface area contributed by atoms with Gasteiger partial charge in [-0.3, -0.25) is 9.36 Å². The van der Waals surface area contributed by atoms with Crippen LogP contribution in [0.15, 0.2) is 57.5 Å². The van der Waals surface area contributed by atoms with E-state index in [1.807, 2.05) is 31.2 Å². The summed E-state index contributed by atoms with van der Waals surface area (Å²) in [7, 11) is 4.59. The Morgan fingerprint density at radius 3 is 2.33 bits per heavy atom. The Kier molecular flexibility index (Phi) is 8.44. The fourth-order valence-corrected chi connectivity index (χ4v) is 5.51. The lowest BCUT2D eigenvalue weighted by atomic mass is 9.96. The fraction of sp³-hybridized carbons (Fsp3) is 0.345. The lowest BCUT2D eigenvalue weighted by molar-refractivity contribution is -0.143. The van der Waals surface area contributed by atoms with Crippen molar-refractivity contribution in [3.63, 3.8) is 0 Å². The molecule has 1 aliphatic rings. The molecule has 2 aromatic carbocycles. The third kappa shape index (κ3) is 5.42. The third-order valence-electron chi connectivity index (χ3n) is 6.11. The quantitative estimate of drug-likeness (QED) is 0.374. The molecule has 0 amide bonds. The van der Waals surface area contributed by atoms with Crippen LogP contribution in [0.5, 0.6) is 23.0 Å². The van der Waals surface area contributed by atoms with Gasteiger partial charge in [0.15, 0.2) is 16.3 Å². The number of methoxy groups -OCH3 is 3. The second-order valence-corrected chi connectivity index (χ2v) is 9.97. The molecule has 206 valence electrons. The zero-order valence-electron chi connectivity index (χ0n) is 23.1. The molecule has 1 atom stereocenters. The number of esters is 1. The van der Waals surface area contributed by atoms with Gasteiger partial charge in [0.25, 0.3) is 5.56 Å². The van der Waals surface area contributed by atoms with E-state index in [1.54, 1.807) is 50.7 Å². The number of hydrogen-bond acceptors (Lipinski definition) is 9. The maximum Gasteiger partial charge on any atom is 0.338 e. The predicted octanol–water partition coefficient (Wildman–Crippen LogP) is 3.61. The van der Waals surface area contributed by atoms with Crippen LogP contribution in [0.1, 0.15) is 44.9 Å². The van der Waals surface area contributed by atoms with Crippen molar-refractivity contribution in [2.75, 3.05) is 27.9 Å². The van der Waals surface area contributed by atoms with Gasteiger partial charge in [-0.15, -0.1) is 0 Å². The molecule has 0 saturated carbocycles. The summed E-state index contributed by atoms with van der Waals surface area (Å²) in [5, 5.41) is 0. The number of aromatic nitrogens is 1. The lowest BCUT2D eigenvalue weighted by Crippen LogP contribution is -2.40. The van der Waals surface area contributed by atoms with Crippen molar-refractivity contribution in [3.05, 3.63) is 78.5 Å². The summed E-state index contributed by atoms with van der Waals surface area (Å²) in [5.74, 6) is 1.54. The molecule has 0 spiro atoms. The topological polar surface area (TPSA) is 97.6 Å². The monoisotopic (exact) mass is 552 g/mol. The largest absolute Gasteiger partial charge is 0.494 e. The number of thiazole rings is 1. The molecule has 3 aromatic rings. The third-order valence-corrected chi connectivity index (χ3v) is 7.10. The van der Waals surface area contributed by atoms with Gasteiger partial charge in [-0.1, -0.05) is 23.5 Å². The highest BCUT2D eigenvalue weighted by Gasteiger charge is 2.34. The zero-order valence-corrected chi connectivity index (χ0v) is 23.9. The Bertz CT molecular complexity index is 1580. The van der Waals surface area contributed by atoms with E-state index < -0.39 is 12.0 Å². The Morgan fingerprint density at radius 2 is 1.74 bits per heavy atom. The summed E-state index contributed by atoms with van der Waals surface area (Å²) >= 11 is 1.23. The van der Waals surface area contributed by atoms with Crippen LogP contribution in [-0.2, 0) is 9.53 Å². The molecule has 0 bridgehead atoms. The van der Waals surface area contributed by atoms with Crippen LogP contribution >= 0.6 is 11.3 Å². The van der Waals surface area contributed by atoms with E-state index in [9.17, 15) is 9.59 Å². The van der Waals surface area contributed by atoms with Crippen LogP contribution in [0.4, 0.5) is 0 Å². The van der Waals surface area contributed by atoms with Crippen LogP contribution in [0.2, 0.25) is 0 Å². The van der Waals surface area contributed by atoms with E-state index in [0.717, 1.165) is 5.56 Å². The normalized spacial score (nSPS) is 15.1. The molecule has 1 aliphatic heterocycles. The van der Waals surface area contributed by atoms with Gasteiger partial charge in [0.2, 0.25) is 5.75 Å². The van der Waals surface area contributed by atoms with Crippen molar-refractivity contribution < 1.29 is 28.5 Å². The average Bonchev–Trinajstić information content (AvgIpc) is 3.21. The van der Waals surface area contributed by atoms with E-state index in [0.29, 0.717) is 55.8 Å². The van der Waals surface area contributed by atoms with Gasteiger partial charge in [0.1, 0.15) is 5.75 Å². The first-order chi connectivity index (χ1) is 18.7. The van der Waals surface area contributed by atoms with E-state index in [2.05, 4.69) is 4.99 Å². The van der Waals surface area contributed by atoms with Gasteiger partial charge in [-0.25, -0.2) is 9.79 Å². The molecular formula is C29H32N2O7S. The Morgan fingerprint density at radius 1 is 1.05 bits per heavy atom. The molecule has 39 heavy (non-hydrogen) atoms. The minimum Gasteiger partial charge on any atom is -0.494 e. The van der Waals surface area contributed by atoms with Crippen molar-refractivity contribution in [2.45, 2.75) is 39.8 Å². The maximum atomic E-state index is 13.9. The molecule has 0 fully saturated rings. The first-order valence-corrected chi connectivity index (χ1v) is 13.3. The second kappa shape index (κ2) is 11.8. The van der Waals surface area contributed by atoms with Crippen LogP contribution < -0.4 is 33.8 Å². The van der Waals surface area contributed by atoms with Crippen molar-refractivity contribution in [3.8, 4) is 23.0 Å². The molecule has 1 aromatic heterocycles. The Labute approximate surface area is 230 Å². The number of allylic oxidation sites excluding steroid dienone is 1. The maximum absolute atomic E-state index is 13.9. The van der Waals surface area contributed by atoms with Gasteiger partial charge < -0.3 is 23.7 Å². The summed E-state index contributed by atoms with van der Waals surface area (Å²) in [6.07, 6.45) is 1.39. The molecule has 4 rings (SSSR count). The summed E-state index contributed by atoms with van der Waals surface area (Å²) < 4.78 is 29.6. The predicted molar refractivity (Wildman–Crippen MR) is 149 cm³/mol. The molecule has 0 unspecified atom stereocenters. The number of ether oxygens (including phenoxy) is 5. The number of carbonyl (C=O) groups excluding carboxylic acids is 1. The Hall–Kier alpha value is -4.05. The summed E-state index contributed by atoms with van der Waals surface area (Å²) in [6.45, 7) is 7.76. The molecule has 10 heteroatoms. The SMILES string of the molecule is CCOc1ccc([C@@H]2C(C(=O)OC(C)C)=C(C)N=c3s/c(=C/c4ccc(OC)c(OC)c4OC)c(=O)n32)cc1. The summed E-state index contributed by atoms with van der Waals surface area (Å²) in [6, 6.07) is 10.2. The minimum absolute atomic E-state index is 0.295. The zero-order chi connectivity index (χ0) is 28.3. The lowest BCUT2D eigenvalue weighted by Gasteiger charge is -2.25. The van der Waals surface area contributed by atoms with Gasteiger partial charge in [-0.05, 0) is 63.6 Å². The highest BCUT2D eigenvalue weighted by molar-refractivity contribution is 7.07. The molecule has 9 nitrogen and oxygen atoms in total. The Balaban J connectivity index is 1.94. The van der Waals surface area contributed by atoms with Crippen LogP contribution in [0.3, 0.4) is 0 Å². The van der Waals surface area contributed by atoms with E-state index in [4.69, 9.17) is 23.7 Å². The number of fused-ring (bicyclic) bond motifs is 1. The molecule has 0 saturated heterocycles. The van der Waals surface area contributed by atoms with Gasteiger partial charge in [0.05, 0.1) is 55.9 Å². The van der Waals surface area contributed by atoms with Crippen molar-refractivity contribution in [1.29, 1.82) is 0 Å². The number of nitrogens with zero attached hydrogens (tertiary/aromatic N) is 2. The summed E-state index contributed by atoms with van der Waals surface area (Å²) in [4.78, 5) is 32.3. The van der Waals surface area contributed by atoms with E-state index >= 15 is 0 Å². The second-order valence-electron chi connectivity index (χ2n) is 8.96. The van der Waals surface area contributed by atoms with Crippen molar-refractivity contribution in [1.82, 2.24) is 4.57 Å². The average molecular weight is 553 g/mol. The molecule has 2 heterocycles. The number of carbonyl (C=O) groups is 1. The van der Waals surface area contributed by atoms with E-state index in [1.165, 1.54) is 25.6 Å². The van der Waals surface area contributed by atoms with Crippen molar-refractivity contribution >= 4 is 23.4 Å². The van der Waals surface area contributed by atoms with Gasteiger partial charge in [-0.2, -0.15) is 0 Å². The number of rotatable bonds is 9. The van der Waals surface area contributed by atoms with Gasteiger partial charge in [0, 0.05) is 5.56 Å². The first kappa shape index (κ1) is 28.0. The molecule has 0 aliphatic carbocycles. The summed E-state index contributed by atoms with van der Waals surface area (Å²) in [5.41, 5.74) is 1.89. The van der Waals surface area contributed by atoms with Gasteiger partial charge >= 0.3 is 5.97 Å². The minimum atomic E-state index is -0.724. The highest BCUT2D eigenvalue weighted by Crippen LogP contribution is 2.40. The number of hydrogen-bond donors (Lipinski definition) is 0. The highest BCUT2D eigenvalue weighted by atomic mass is 32.1. The van der Waals surface area contributed by atoms with Crippen LogP contribution in [0.25, 0.3) is 6.08 Å². The molecule has 0 N–H and O–H groups in total. The van der Waals surface area contributed by atoms with Crippen molar-refractivity contribution in [2.24, 2.45) is 4.99 Å².